The van der Waals surface area contributed by atoms with Crippen LogP contribution in [-0.2, 0) is 28.7 Å². The summed E-state index contributed by atoms with van der Waals surface area (Å²) in [4.78, 5) is 47.1. The van der Waals surface area contributed by atoms with Crippen LogP contribution >= 0.6 is 47.0 Å². The van der Waals surface area contributed by atoms with Gasteiger partial charge in [0.2, 0.25) is 0 Å². The van der Waals surface area contributed by atoms with Crippen LogP contribution in [0, 0.1) is 0 Å². The van der Waals surface area contributed by atoms with Crippen LogP contribution in [0.5, 0.6) is 0 Å². The smallest absolute Gasteiger partial charge is 0.346 e. The summed E-state index contributed by atoms with van der Waals surface area (Å²) in [7, 11) is 0. The highest BCUT2D eigenvalue weighted by molar-refractivity contribution is 8.35. The van der Waals surface area contributed by atoms with E-state index in [2.05, 4.69) is 0 Å². The summed E-state index contributed by atoms with van der Waals surface area (Å²) in [6.07, 6.45) is 1.20. The van der Waals surface area contributed by atoms with Crippen molar-refractivity contribution in [2.45, 2.75) is 13.8 Å². The first-order chi connectivity index (χ1) is 11.5. The first kappa shape index (κ1) is 19.2. The molecule has 10 heteroatoms. The van der Waals surface area contributed by atoms with Gasteiger partial charge in [0, 0.05) is 0 Å². The molecule has 0 unspecified atom stereocenters. The third kappa shape index (κ3) is 4.11. The molecule has 0 saturated heterocycles. The van der Waals surface area contributed by atoms with Gasteiger partial charge in [0.1, 0.15) is 9.81 Å². The van der Waals surface area contributed by atoms with Gasteiger partial charge in [-0.2, -0.15) is 0 Å². The topological polar surface area (TPSA) is 86.7 Å². The number of thioether (sulfide) groups is 4. The average molecular weight is 405 g/mol. The van der Waals surface area contributed by atoms with Crippen molar-refractivity contribution in [3.05, 3.63) is 28.1 Å². The molecule has 0 saturated carbocycles. The molecule has 0 spiro atoms. The van der Waals surface area contributed by atoms with E-state index in [0.29, 0.717) is 21.0 Å². The summed E-state index contributed by atoms with van der Waals surface area (Å²) in [6, 6.07) is 0. The molecule has 0 aromatic carbocycles. The van der Waals surface area contributed by atoms with Gasteiger partial charge < -0.3 is 9.47 Å². The van der Waals surface area contributed by atoms with E-state index in [1.165, 1.54) is 0 Å². The Morgan fingerprint density at radius 2 is 1.17 bits per heavy atom. The van der Waals surface area contributed by atoms with Crippen molar-refractivity contribution in [1.29, 1.82) is 0 Å². The van der Waals surface area contributed by atoms with Crippen molar-refractivity contribution in [2.24, 2.45) is 0 Å². The van der Waals surface area contributed by atoms with Gasteiger partial charge in [0.25, 0.3) is 0 Å². The predicted octanol–water partition coefficient (Wildman–Crippen LogP) is 3.02. The van der Waals surface area contributed by atoms with Gasteiger partial charge in [-0.3, -0.25) is 9.59 Å². The molecule has 0 radical (unpaired) electrons. The molecule has 2 aliphatic rings. The number of esters is 2. The molecule has 2 rings (SSSR count). The highest BCUT2D eigenvalue weighted by atomic mass is 32.2. The van der Waals surface area contributed by atoms with Gasteiger partial charge in [-0.1, -0.05) is 47.0 Å². The fourth-order valence-corrected chi connectivity index (χ4v) is 6.63. The van der Waals surface area contributed by atoms with Crippen molar-refractivity contribution in [2.75, 3.05) is 13.2 Å². The Bertz CT molecular complexity index is 633. The summed E-state index contributed by atoms with van der Waals surface area (Å²) in [5.41, 5.74) is 0. The van der Waals surface area contributed by atoms with Gasteiger partial charge in [0.05, 0.1) is 31.5 Å². The van der Waals surface area contributed by atoms with Crippen LogP contribution in [-0.4, -0.2) is 37.7 Å². The molecule has 0 aromatic rings. The lowest BCUT2D eigenvalue weighted by Gasteiger charge is -2.03. The molecule has 0 bridgehead atoms. The quantitative estimate of drug-likeness (QED) is 0.486. The number of carbonyl (C=O) groups is 4. The van der Waals surface area contributed by atoms with E-state index in [1.807, 2.05) is 0 Å². The molecule has 128 valence electrons. The third-order valence-electron chi connectivity index (χ3n) is 2.54. The summed E-state index contributed by atoms with van der Waals surface area (Å²) in [6.45, 7) is 3.78. The van der Waals surface area contributed by atoms with Crippen LogP contribution in [0.4, 0.5) is 0 Å². The summed E-state index contributed by atoms with van der Waals surface area (Å²) in [5.74, 6) is -1.12. The van der Waals surface area contributed by atoms with Gasteiger partial charge in [0.15, 0.2) is 12.6 Å². The number of carbonyl (C=O) groups excluding carboxylic acids is 4. The van der Waals surface area contributed by atoms with Crippen LogP contribution in [0.1, 0.15) is 13.8 Å². The van der Waals surface area contributed by atoms with E-state index in [0.717, 1.165) is 47.0 Å². The SMILES string of the molecule is CCOC(=O)C1=C(C=O)S/C(=C2\SC(C=O)=C(C(=O)OCC)S2)S1. The van der Waals surface area contributed by atoms with Crippen LogP contribution in [0.3, 0.4) is 0 Å². The fourth-order valence-electron chi connectivity index (χ4n) is 1.62. The lowest BCUT2D eigenvalue weighted by molar-refractivity contribution is -0.138. The molecular weight excluding hydrogens is 392 g/mol. The minimum absolute atomic E-state index is 0.207. The van der Waals surface area contributed by atoms with Crippen LogP contribution in [0.15, 0.2) is 28.1 Å². The van der Waals surface area contributed by atoms with Gasteiger partial charge in [-0.05, 0) is 13.8 Å². The number of ether oxygens (including phenoxy) is 2. The van der Waals surface area contributed by atoms with E-state index >= 15 is 0 Å². The Balaban J connectivity index is 2.22. The lowest BCUT2D eigenvalue weighted by atomic mass is 10.5. The largest absolute Gasteiger partial charge is 0.462 e. The zero-order valence-electron chi connectivity index (χ0n) is 12.7. The number of hydrogen-bond donors (Lipinski definition) is 0. The Hall–Kier alpha value is -1.10. The predicted molar refractivity (Wildman–Crippen MR) is 96.8 cm³/mol. The second kappa shape index (κ2) is 8.84. The van der Waals surface area contributed by atoms with Gasteiger partial charge in [-0.15, -0.1) is 0 Å². The minimum Gasteiger partial charge on any atom is -0.462 e. The first-order valence-corrected chi connectivity index (χ1v) is 10.0. The van der Waals surface area contributed by atoms with Crippen LogP contribution in [0.2, 0.25) is 0 Å². The normalized spacial score (nSPS) is 20.4. The molecule has 2 aliphatic heterocycles. The molecule has 24 heavy (non-hydrogen) atoms. The highest BCUT2D eigenvalue weighted by Gasteiger charge is 2.34. The van der Waals surface area contributed by atoms with Crippen molar-refractivity contribution >= 4 is 71.6 Å². The molecule has 2 heterocycles. The molecule has 0 aromatic heterocycles. The molecule has 0 atom stereocenters. The van der Waals surface area contributed by atoms with E-state index in [-0.39, 0.29) is 32.8 Å². The zero-order chi connectivity index (χ0) is 17.7. The van der Waals surface area contributed by atoms with Crippen molar-refractivity contribution in [3.63, 3.8) is 0 Å². The van der Waals surface area contributed by atoms with Crippen LogP contribution < -0.4 is 0 Å². The summed E-state index contributed by atoms with van der Waals surface area (Å²) >= 11 is 4.47. The maximum Gasteiger partial charge on any atom is 0.346 e. The Kier molecular flexibility index (Phi) is 7.08. The fraction of sp³-hybridized carbons (Fsp3) is 0.286. The second-order valence-electron chi connectivity index (χ2n) is 4.05. The second-order valence-corrected chi connectivity index (χ2v) is 8.71. The minimum atomic E-state index is -0.560. The zero-order valence-corrected chi connectivity index (χ0v) is 15.9. The summed E-state index contributed by atoms with van der Waals surface area (Å²) in [5, 5.41) is 0. The number of rotatable bonds is 6. The Labute approximate surface area is 155 Å². The molecule has 0 aliphatic carbocycles. The van der Waals surface area contributed by atoms with E-state index in [4.69, 9.17) is 9.47 Å². The van der Waals surface area contributed by atoms with Gasteiger partial charge >= 0.3 is 11.9 Å². The molecule has 6 nitrogen and oxygen atoms in total. The van der Waals surface area contributed by atoms with E-state index < -0.39 is 11.9 Å². The maximum atomic E-state index is 11.9. The van der Waals surface area contributed by atoms with Gasteiger partial charge in [-0.25, -0.2) is 9.59 Å². The van der Waals surface area contributed by atoms with Crippen molar-refractivity contribution in [1.82, 2.24) is 0 Å². The van der Waals surface area contributed by atoms with Crippen molar-refractivity contribution < 1.29 is 28.7 Å². The standard InChI is InChI=1S/C14H12O6S4/c1-3-19-11(17)9-7(5-15)21-13(23-9)14-22-8(6-16)10(24-14)12(18)20-4-2/h5-6H,3-4H2,1-2H3/b14-13-. The molecule has 0 fully saturated rings. The third-order valence-corrected chi connectivity index (χ3v) is 8.10. The first-order valence-electron chi connectivity index (χ1n) is 6.74. The van der Waals surface area contributed by atoms with E-state index in [9.17, 15) is 19.2 Å². The number of hydrogen-bond acceptors (Lipinski definition) is 10. The average Bonchev–Trinajstić information content (AvgIpc) is 3.19. The maximum absolute atomic E-state index is 11.9. The lowest BCUT2D eigenvalue weighted by Crippen LogP contribution is -2.05. The van der Waals surface area contributed by atoms with Crippen LogP contribution in [0.25, 0.3) is 0 Å². The Morgan fingerprint density at radius 3 is 1.46 bits per heavy atom. The molecule has 0 amide bonds. The Morgan fingerprint density at radius 1 is 0.792 bits per heavy atom. The van der Waals surface area contributed by atoms with E-state index in [1.54, 1.807) is 13.8 Å². The monoisotopic (exact) mass is 404 g/mol. The molecular formula is C14H12O6S4. The number of aldehydes is 2. The molecule has 0 N–H and O–H groups in total. The highest BCUT2D eigenvalue weighted by Crippen LogP contribution is 2.59. The van der Waals surface area contributed by atoms with Crippen molar-refractivity contribution in [3.8, 4) is 0 Å². The number of allylic oxidation sites excluding steroid dienone is 2. The summed E-state index contributed by atoms with van der Waals surface area (Å²) < 4.78 is 11.2.